The van der Waals surface area contributed by atoms with Gasteiger partial charge in [0.2, 0.25) is 0 Å². The van der Waals surface area contributed by atoms with Gasteiger partial charge in [0.15, 0.2) is 0 Å². The largest absolute Gasteiger partial charge is 0.377 e. The van der Waals surface area contributed by atoms with Crippen molar-refractivity contribution in [3.8, 4) is 18.2 Å². The Labute approximate surface area is 96.3 Å². The van der Waals surface area contributed by atoms with Gasteiger partial charge in [-0.3, -0.25) is 0 Å². The summed E-state index contributed by atoms with van der Waals surface area (Å²) in [7, 11) is 1.86. The van der Waals surface area contributed by atoms with Crippen molar-refractivity contribution in [2.24, 2.45) is 0 Å². The summed E-state index contributed by atoms with van der Waals surface area (Å²) in [5.41, 5.74) is 1.58. The Morgan fingerprint density at radius 2 is 1.56 bits per heavy atom. The van der Waals surface area contributed by atoms with E-state index in [1.807, 2.05) is 24.9 Å². The van der Waals surface area contributed by atoms with Gasteiger partial charge >= 0.3 is 0 Å². The van der Waals surface area contributed by atoms with E-state index in [0.29, 0.717) is 11.1 Å². The first-order chi connectivity index (χ1) is 7.53. The predicted molar refractivity (Wildman–Crippen MR) is 60.5 cm³/mol. The summed E-state index contributed by atoms with van der Waals surface area (Å²) in [6.07, 6.45) is 0. The fourth-order valence-corrected chi connectivity index (χ4v) is 1.18. The molecule has 0 N–H and O–H groups in total. The van der Waals surface area contributed by atoms with Crippen LogP contribution in [0.4, 0.5) is 0 Å². The minimum Gasteiger partial charge on any atom is -0.377 e. The monoisotopic (exact) mass is 214 g/mol. The molecule has 82 valence electrons. The van der Waals surface area contributed by atoms with Gasteiger partial charge in [-0.15, -0.1) is 0 Å². The number of allylic oxidation sites excluding steroid dienone is 4. The van der Waals surface area contributed by atoms with Gasteiger partial charge < -0.3 is 4.90 Å². The maximum absolute atomic E-state index is 9.06. The van der Waals surface area contributed by atoms with Gasteiger partial charge in [0.25, 0.3) is 0 Å². The number of nitrogens with zero attached hydrogens (tertiary/aromatic N) is 4. The molecule has 0 atom stereocenters. The average molecular weight is 214 g/mol. The van der Waals surface area contributed by atoms with Crippen LogP contribution in [0.2, 0.25) is 0 Å². The lowest BCUT2D eigenvalue weighted by Crippen LogP contribution is -2.17. The SMILES string of the molecule is CCN(C)/C(C)=C(\C#N)C(C)=C(C#N)C#N. The van der Waals surface area contributed by atoms with Gasteiger partial charge in [-0.25, -0.2) is 0 Å². The molecule has 0 unspecified atom stereocenters. The molecule has 4 nitrogen and oxygen atoms in total. The summed E-state index contributed by atoms with van der Waals surface area (Å²) in [5.74, 6) is 0. The topological polar surface area (TPSA) is 74.6 Å². The zero-order valence-corrected chi connectivity index (χ0v) is 10.00. The van der Waals surface area contributed by atoms with Gasteiger partial charge in [-0.1, -0.05) is 0 Å². The predicted octanol–water partition coefficient (Wildman–Crippen LogP) is 2.10. The van der Waals surface area contributed by atoms with E-state index in [0.717, 1.165) is 12.2 Å². The van der Waals surface area contributed by atoms with Crippen LogP contribution in [0, 0.1) is 34.0 Å². The molecule has 0 aromatic carbocycles. The van der Waals surface area contributed by atoms with E-state index in [1.54, 1.807) is 26.0 Å². The Hall–Kier alpha value is -2.25. The van der Waals surface area contributed by atoms with Crippen LogP contribution in [0.15, 0.2) is 22.4 Å². The normalized spacial score (nSPS) is 10.3. The quantitative estimate of drug-likeness (QED) is 0.532. The van der Waals surface area contributed by atoms with Gasteiger partial charge in [0.1, 0.15) is 23.8 Å². The van der Waals surface area contributed by atoms with Crippen LogP contribution in [0.25, 0.3) is 0 Å². The van der Waals surface area contributed by atoms with Crippen LogP contribution >= 0.6 is 0 Å². The van der Waals surface area contributed by atoms with Crippen molar-refractivity contribution < 1.29 is 0 Å². The molecule has 0 radical (unpaired) electrons. The minimum atomic E-state index is -0.0135. The number of hydrogen-bond acceptors (Lipinski definition) is 4. The highest BCUT2D eigenvalue weighted by Crippen LogP contribution is 2.18. The first-order valence-electron chi connectivity index (χ1n) is 4.86. The molecule has 0 fully saturated rings. The van der Waals surface area contributed by atoms with Crippen molar-refractivity contribution in [2.75, 3.05) is 13.6 Å². The van der Waals surface area contributed by atoms with E-state index in [9.17, 15) is 0 Å². The van der Waals surface area contributed by atoms with Crippen LogP contribution in [-0.4, -0.2) is 18.5 Å². The smallest absolute Gasteiger partial charge is 0.133 e. The first kappa shape index (κ1) is 13.8. The number of nitriles is 3. The molecule has 4 heteroatoms. The van der Waals surface area contributed by atoms with Crippen molar-refractivity contribution in [1.29, 1.82) is 15.8 Å². The Morgan fingerprint density at radius 1 is 1.06 bits per heavy atom. The van der Waals surface area contributed by atoms with Crippen LogP contribution in [-0.2, 0) is 0 Å². The van der Waals surface area contributed by atoms with E-state index >= 15 is 0 Å². The minimum absolute atomic E-state index is 0.0135. The van der Waals surface area contributed by atoms with E-state index in [1.165, 1.54) is 0 Å². The third kappa shape index (κ3) is 2.87. The molecule has 0 aliphatic carbocycles. The fourth-order valence-electron chi connectivity index (χ4n) is 1.18. The van der Waals surface area contributed by atoms with Crippen LogP contribution < -0.4 is 0 Å². The molecule has 0 spiro atoms. The molecule has 0 aliphatic heterocycles. The number of rotatable bonds is 3. The highest BCUT2D eigenvalue weighted by Gasteiger charge is 2.11. The molecule has 0 aromatic heterocycles. The van der Waals surface area contributed by atoms with Gasteiger partial charge in [0.05, 0.1) is 5.57 Å². The third-order valence-corrected chi connectivity index (χ3v) is 2.49. The fraction of sp³-hybridized carbons (Fsp3) is 0.417. The Bertz CT molecular complexity index is 433. The summed E-state index contributed by atoms with van der Waals surface area (Å²) in [6.45, 7) is 6.15. The maximum Gasteiger partial charge on any atom is 0.133 e. The molecule has 0 rings (SSSR count). The van der Waals surface area contributed by atoms with E-state index in [2.05, 4.69) is 0 Å². The van der Waals surface area contributed by atoms with Gasteiger partial charge in [-0.2, -0.15) is 15.8 Å². The molecule has 0 aromatic rings. The van der Waals surface area contributed by atoms with Crippen molar-refractivity contribution >= 4 is 0 Å². The lowest BCUT2D eigenvalue weighted by molar-refractivity contribution is 0.440. The van der Waals surface area contributed by atoms with Crippen molar-refractivity contribution in [1.82, 2.24) is 4.90 Å². The Balaban J connectivity index is 5.71. The highest BCUT2D eigenvalue weighted by atomic mass is 15.1. The lowest BCUT2D eigenvalue weighted by atomic mass is 10.0. The van der Waals surface area contributed by atoms with Crippen LogP contribution in [0.3, 0.4) is 0 Å². The summed E-state index contributed by atoms with van der Waals surface area (Å²) in [6, 6.07) is 5.63. The number of hydrogen-bond donors (Lipinski definition) is 0. The summed E-state index contributed by atoms with van der Waals surface area (Å²) < 4.78 is 0. The molecule has 16 heavy (non-hydrogen) atoms. The van der Waals surface area contributed by atoms with Crippen molar-refractivity contribution in [3.63, 3.8) is 0 Å². The summed E-state index contributed by atoms with van der Waals surface area (Å²) in [5, 5.41) is 26.5. The zero-order valence-electron chi connectivity index (χ0n) is 10.00. The van der Waals surface area contributed by atoms with Crippen LogP contribution in [0.1, 0.15) is 20.8 Å². The molecule has 0 amide bonds. The third-order valence-electron chi connectivity index (χ3n) is 2.49. The van der Waals surface area contributed by atoms with Crippen molar-refractivity contribution in [2.45, 2.75) is 20.8 Å². The second kappa shape index (κ2) is 6.27. The van der Waals surface area contributed by atoms with Crippen molar-refractivity contribution in [3.05, 3.63) is 22.4 Å². The molecule has 0 saturated carbocycles. The second-order valence-corrected chi connectivity index (χ2v) is 3.31. The Morgan fingerprint density at radius 3 is 1.88 bits per heavy atom. The van der Waals surface area contributed by atoms with Gasteiger partial charge in [0, 0.05) is 19.3 Å². The lowest BCUT2D eigenvalue weighted by Gasteiger charge is -2.19. The van der Waals surface area contributed by atoms with Gasteiger partial charge in [-0.05, 0) is 26.3 Å². The standard InChI is InChI=1S/C12H14N4/c1-5-16(4)10(3)12(8-15)9(2)11(6-13)7-14/h5H2,1-4H3/b12-10+. The maximum atomic E-state index is 9.06. The van der Waals surface area contributed by atoms with E-state index in [4.69, 9.17) is 15.8 Å². The van der Waals surface area contributed by atoms with Crippen LogP contribution in [0.5, 0.6) is 0 Å². The zero-order chi connectivity index (χ0) is 12.7. The molecule has 0 bridgehead atoms. The molecule has 0 aliphatic rings. The summed E-state index contributed by atoms with van der Waals surface area (Å²) in [4.78, 5) is 1.90. The summed E-state index contributed by atoms with van der Waals surface area (Å²) >= 11 is 0. The molecular weight excluding hydrogens is 200 g/mol. The molecule has 0 heterocycles. The highest BCUT2D eigenvalue weighted by molar-refractivity contribution is 5.54. The molecular formula is C12H14N4. The average Bonchev–Trinajstić information content (AvgIpc) is 2.30. The Kier molecular flexibility index (Phi) is 5.39. The second-order valence-electron chi connectivity index (χ2n) is 3.31. The van der Waals surface area contributed by atoms with E-state index in [-0.39, 0.29) is 5.57 Å². The van der Waals surface area contributed by atoms with E-state index < -0.39 is 0 Å². The molecule has 0 saturated heterocycles. The first-order valence-corrected chi connectivity index (χ1v) is 4.86.